The van der Waals surface area contributed by atoms with Crippen LogP contribution in [0.25, 0.3) is 0 Å². The van der Waals surface area contributed by atoms with Crippen molar-refractivity contribution in [2.75, 3.05) is 59.0 Å². The predicted molar refractivity (Wildman–Crippen MR) is 84.1 cm³/mol. The van der Waals surface area contributed by atoms with Crippen LogP contribution in [0, 0.1) is 11.8 Å². The average Bonchev–Trinajstić information content (AvgIpc) is 2.88. The van der Waals surface area contributed by atoms with Gasteiger partial charge in [-0.05, 0) is 37.9 Å². The molecule has 2 aliphatic rings. The topological polar surface area (TPSA) is 27.7 Å². The fourth-order valence-electron chi connectivity index (χ4n) is 3.34. The van der Waals surface area contributed by atoms with Crippen LogP contribution in [-0.4, -0.2) is 74.9 Å². The van der Waals surface area contributed by atoms with Crippen LogP contribution in [-0.2, 0) is 4.74 Å². The van der Waals surface area contributed by atoms with Crippen LogP contribution >= 0.6 is 0 Å². The van der Waals surface area contributed by atoms with Crippen molar-refractivity contribution < 1.29 is 4.74 Å². The molecular weight excluding hydrogens is 250 g/mol. The van der Waals surface area contributed by atoms with Gasteiger partial charge in [0.1, 0.15) is 0 Å². The summed E-state index contributed by atoms with van der Waals surface area (Å²) in [6, 6.07) is 0.773. The van der Waals surface area contributed by atoms with E-state index in [1.807, 2.05) is 0 Å². The van der Waals surface area contributed by atoms with Gasteiger partial charge in [0.2, 0.25) is 0 Å². The second kappa shape index (κ2) is 8.32. The molecule has 2 unspecified atom stereocenters. The first-order chi connectivity index (χ1) is 9.65. The molecule has 0 bridgehead atoms. The van der Waals surface area contributed by atoms with Crippen molar-refractivity contribution in [2.45, 2.75) is 33.2 Å². The molecule has 2 fully saturated rings. The second-order valence-corrected chi connectivity index (χ2v) is 7.01. The lowest BCUT2D eigenvalue weighted by Crippen LogP contribution is -2.45. The molecule has 2 saturated heterocycles. The predicted octanol–water partition coefficient (Wildman–Crippen LogP) is 1.27. The Morgan fingerprint density at radius 3 is 2.55 bits per heavy atom. The first-order valence-electron chi connectivity index (χ1n) is 8.40. The second-order valence-electron chi connectivity index (χ2n) is 7.01. The molecule has 2 heterocycles. The number of ether oxygens (including phenoxy) is 1. The first-order valence-corrected chi connectivity index (χ1v) is 8.40. The maximum atomic E-state index is 5.45. The van der Waals surface area contributed by atoms with Crippen molar-refractivity contribution in [3.63, 3.8) is 0 Å². The summed E-state index contributed by atoms with van der Waals surface area (Å²) in [5.74, 6) is 1.50. The number of morpholine rings is 1. The smallest absolute Gasteiger partial charge is 0.0594 e. The van der Waals surface area contributed by atoms with Gasteiger partial charge in [0.05, 0.1) is 13.2 Å². The number of hydrogen-bond acceptors (Lipinski definition) is 4. The van der Waals surface area contributed by atoms with Gasteiger partial charge in [-0.15, -0.1) is 0 Å². The third-order valence-electron chi connectivity index (χ3n) is 4.42. The molecule has 20 heavy (non-hydrogen) atoms. The van der Waals surface area contributed by atoms with E-state index >= 15 is 0 Å². The lowest BCUT2D eigenvalue weighted by atomic mass is 10.1. The van der Waals surface area contributed by atoms with Gasteiger partial charge in [-0.3, -0.25) is 4.90 Å². The highest BCUT2D eigenvalue weighted by atomic mass is 16.5. The molecule has 0 saturated carbocycles. The average molecular weight is 283 g/mol. The molecule has 0 amide bonds. The van der Waals surface area contributed by atoms with E-state index in [2.05, 4.69) is 35.9 Å². The summed E-state index contributed by atoms with van der Waals surface area (Å²) in [7, 11) is 0. The Morgan fingerprint density at radius 1 is 1.10 bits per heavy atom. The molecule has 4 nitrogen and oxygen atoms in total. The van der Waals surface area contributed by atoms with Crippen LogP contribution in [0.15, 0.2) is 0 Å². The summed E-state index contributed by atoms with van der Waals surface area (Å²) in [4.78, 5) is 5.28. The van der Waals surface area contributed by atoms with E-state index in [-0.39, 0.29) is 0 Å². The Bertz CT molecular complexity index is 266. The van der Waals surface area contributed by atoms with Gasteiger partial charge in [0.25, 0.3) is 0 Å². The molecular formula is C16H33N3O. The molecule has 4 heteroatoms. The van der Waals surface area contributed by atoms with Gasteiger partial charge >= 0.3 is 0 Å². The monoisotopic (exact) mass is 283 g/mol. The summed E-state index contributed by atoms with van der Waals surface area (Å²) in [6.07, 6.45) is 1.34. The highest BCUT2D eigenvalue weighted by Gasteiger charge is 2.28. The number of nitrogens with zero attached hydrogens (tertiary/aromatic N) is 2. The van der Waals surface area contributed by atoms with Gasteiger partial charge in [0.15, 0.2) is 0 Å². The molecule has 2 atom stereocenters. The normalized spacial score (nSPS) is 27.3. The van der Waals surface area contributed by atoms with Crippen LogP contribution in [0.4, 0.5) is 0 Å². The maximum absolute atomic E-state index is 5.45. The molecule has 0 aromatic heterocycles. The summed E-state index contributed by atoms with van der Waals surface area (Å²) in [6.45, 7) is 17.1. The summed E-state index contributed by atoms with van der Waals surface area (Å²) in [5, 5.41) is 3.58. The highest BCUT2D eigenvalue weighted by Crippen LogP contribution is 2.17. The molecule has 118 valence electrons. The quantitative estimate of drug-likeness (QED) is 0.762. The minimum Gasteiger partial charge on any atom is -0.379 e. The van der Waals surface area contributed by atoms with E-state index in [4.69, 9.17) is 4.74 Å². The Hall–Kier alpha value is -0.160. The Labute approximate surface area is 124 Å². The standard InChI is InChI=1S/C16H33N3O/c1-14(2)10-17-11-15(3)12-18-5-4-16(13-18)19-6-8-20-9-7-19/h14-17H,4-13H2,1-3H3. The zero-order valence-corrected chi connectivity index (χ0v) is 13.6. The van der Waals surface area contributed by atoms with Gasteiger partial charge in [0, 0.05) is 32.2 Å². The molecule has 1 N–H and O–H groups in total. The summed E-state index contributed by atoms with van der Waals surface area (Å²) in [5.41, 5.74) is 0. The van der Waals surface area contributed by atoms with Gasteiger partial charge in [-0.25, -0.2) is 0 Å². The van der Waals surface area contributed by atoms with E-state index in [1.54, 1.807) is 0 Å². The maximum Gasteiger partial charge on any atom is 0.0594 e. The zero-order valence-electron chi connectivity index (χ0n) is 13.6. The van der Waals surface area contributed by atoms with E-state index in [9.17, 15) is 0 Å². The van der Waals surface area contributed by atoms with E-state index < -0.39 is 0 Å². The molecule has 0 aliphatic carbocycles. The van der Waals surface area contributed by atoms with Crippen molar-refractivity contribution in [1.82, 2.24) is 15.1 Å². The zero-order chi connectivity index (χ0) is 14.4. The lowest BCUT2D eigenvalue weighted by Gasteiger charge is -2.32. The van der Waals surface area contributed by atoms with Crippen molar-refractivity contribution in [2.24, 2.45) is 11.8 Å². The highest BCUT2D eigenvalue weighted by molar-refractivity contribution is 4.85. The first kappa shape index (κ1) is 16.2. The van der Waals surface area contributed by atoms with E-state index in [1.165, 1.54) is 26.1 Å². The Morgan fingerprint density at radius 2 is 1.85 bits per heavy atom. The third kappa shape index (κ3) is 5.32. The van der Waals surface area contributed by atoms with E-state index in [0.717, 1.165) is 57.3 Å². The number of hydrogen-bond donors (Lipinski definition) is 1. The van der Waals surface area contributed by atoms with Crippen LogP contribution in [0.2, 0.25) is 0 Å². The van der Waals surface area contributed by atoms with E-state index in [0.29, 0.717) is 0 Å². The number of likely N-dealkylation sites (tertiary alicyclic amines) is 1. The van der Waals surface area contributed by atoms with Crippen molar-refractivity contribution in [3.8, 4) is 0 Å². The van der Waals surface area contributed by atoms with Gasteiger partial charge in [-0.1, -0.05) is 20.8 Å². The molecule has 0 radical (unpaired) electrons. The number of nitrogens with one attached hydrogen (secondary N) is 1. The third-order valence-corrected chi connectivity index (χ3v) is 4.42. The minimum atomic E-state index is 0.747. The number of rotatable bonds is 7. The molecule has 0 aromatic carbocycles. The SMILES string of the molecule is CC(C)CNCC(C)CN1CCC(N2CCOCC2)C1. The Kier molecular flexibility index (Phi) is 6.75. The van der Waals surface area contributed by atoms with Gasteiger partial charge < -0.3 is 15.0 Å². The summed E-state index contributed by atoms with van der Waals surface area (Å²) >= 11 is 0. The minimum absolute atomic E-state index is 0.747. The lowest BCUT2D eigenvalue weighted by molar-refractivity contribution is 0.0183. The molecule has 0 spiro atoms. The fourth-order valence-corrected chi connectivity index (χ4v) is 3.34. The van der Waals surface area contributed by atoms with Crippen molar-refractivity contribution >= 4 is 0 Å². The molecule has 2 rings (SSSR count). The van der Waals surface area contributed by atoms with Crippen molar-refractivity contribution in [1.29, 1.82) is 0 Å². The van der Waals surface area contributed by atoms with Crippen LogP contribution in [0.1, 0.15) is 27.2 Å². The molecule has 0 aromatic rings. The fraction of sp³-hybridized carbons (Fsp3) is 1.00. The largest absolute Gasteiger partial charge is 0.379 e. The van der Waals surface area contributed by atoms with Crippen molar-refractivity contribution in [3.05, 3.63) is 0 Å². The van der Waals surface area contributed by atoms with Crippen LogP contribution in [0.5, 0.6) is 0 Å². The van der Waals surface area contributed by atoms with Gasteiger partial charge in [-0.2, -0.15) is 0 Å². The summed E-state index contributed by atoms with van der Waals surface area (Å²) < 4.78 is 5.45. The van der Waals surface area contributed by atoms with Crippen LogP contribution < -0.4 is 5.32 Å². The Balaban J connectivity index is 1.62. The van der Waals surface area contributed by atoms with Crippen LogP contribution in [0.3, 0.4) is 0 Å². The molecule has 2 aliphatic heterocycles.